The summed E-state index contributed by atoms with van der Waals surface area (Å²) in [6.45, 7) is 6.27. The lowest BCUT2D eigenvalue weighted by atomic mass is 10.1. The van der Waals surface area contributed by atoms with E-state index in [1.807, 2.05) is 11.8 Å². The largest absolute Gasteiger partial charge is 0.376 e. The zero-order valence-electron chi connectivity index (χ0n) is 10.2. The lowest BCUT2D eigenvalue weighted by molar-refractivity contribution is 0.0225. The number of thioether (sulfide) groups is 1. The first kappa shape index (κ1) is 12.2. The van der Waals surface area contributed by atoms with E-state index in [1.54, 1.807) is 0 Å². The third-order valence-corrected chi connectivity index (χ3v) is 4.27. The SMILES string of the molecule is CC(C)[C@H]1CSC(=NCC2CCCCO2)N1. The second-order valence-corrected chi connectivity index (χ2v) is 5.95. The van der Waals surface area contributed by atoms with Crippen molar-refractivity contribution in [3.8, 4) is 0 Å². The maximum absolute atomic E-state index is 5.67. The van der Waals surface area contributed by atoms with E-state index < -0.39 is 0 Å². The Kier molecular flexibility index (Phi) is 4.53. The summed E-state index contributed by atoms with van der Waals surface area (Å²) < 4.78 is 5.67. The van der Waals surface area contributed by atoms with Gasteiger partial charge in [-0.1, -0.05) is 25.6 Å². The standard InChI is InChI=1S/C12H22N2OS/c1-9(2)11-8-16-12(14-11)13-7-10-5-3-4-6-15-10/h9-11H,3-8H2,1-2H3,(H,13,14)/t10?,11-/m1/s1. The predicted molar refractivity (Wildman–Crippen MR) is 70.1 cm³/mol. The Bertz CT molecular complexity index is 249. The van der Waals surface area contributed by atoms with Gasteiger partial charge in [0.1, 0.15) is 0 Å². The number of rotatable bonds is 3. The fourth-order valence-corrected chi connectivity index (χ4v) is 3.20. The molecule has 3 nitrogen and oxygen atoms in total. The van der Waals surface area contributed by atoms with Gasteiger partial charge in [-0.25, -0.2) is 0 Å². The fraction of sp³-hybridized carbons (Fsp3) is 0.917. The van der Waals surface area contributed by atoms with Crippen molar-refractivity contribution in [3.05, 3.63) is 0 Å². The normalized spacial score (nSPS) is 33.3. The summed E-state index contributed by atoms with van der Waals surface area (Å²) in [6.07, 6.45) is 4.05. The molecule has 0 aromatic heterocycles. The molecule has 0 bridgehead atoms. The van der Waals surface area contributed by atoms with E-state index in [0.717, 1.165) is 24.1 Å². The highest BCUT2D eigenvalue weighted by Crippen LogP contribution is 2.20. The maximum atomic E-state index is 5.67. The van der Waals surface area contributed by atoms with Gasteiger partial charge in [-0.05, 0) is 25.2 Å². The van der Waals surface area contributed by atoms with Crippen LogP contribution in [0.25, 0.3) is 0 Å². The molecule has 0 saturated carbocycles. The summed E-state index contributed by atoms with van der Waals surface area (Å²) in [7, 11) is 0. The van der Waals surface area contributed by atoms with Crippen LogP contribution < -0.4 is 5.32 Å². The average Bonchev–Trinajstić information content (AvgIpc) is 2.76. The first-order valence-corrected chi connectivity index (χ1v) is 7.29. The summed E-state index contributed by atoms with van der Waals surface area (Å²) in [5.41, 5.74) is 0. The fourth-order valence-electron chi connectivity index (χ4n) is 2.00. The minimum atomic E-state index is 0.363. The number of hydrogen-bond donors (Lipinski definition) is 1. The molecule has 2 heterocycles. The molecule has 0 aliphatic carbocycles. The van der Waals surface area contributed by atoms with Gasteiger partial charge in [0.05, 0.1) is 12.6 Å². The van der Waals surface area contributed by atoms with Gasteiger partial charge in [0.2, 0.25) is 0 Å². The molecule has 0 spiro atoms. The Hall–Kier alpha value is -0.220. The van der Waals surface area contributed by atoms with Gasteiger partial charge < -0.3 is 10.1 Å². The quantitative estimate of drug-likeness (QED) is 0.824. The molecule has 2 aliphatic heterocycles. The third kappa shape index (κ3) is 3.39. The van der Waals surface area contributed by atoms with Gasteiger partial charge in [-0.3, -0.25) is 4.99 Å². The Balaban J connectivity index is 1.75. The Morgan fingerprint density at radius 2 is 2.38 bits per heavy atom. The number of hydrogen-bond acceptors (Lipinski definition) is 3. The average molecular weight is 242 g/mol. The van der Waals surface area contributed by atoms with Gasteiger partial charge >= 0.3 is 0 Å². The van der Waals surface area contributed by atoms with Gasteiger partial charge in [0.15, 0.2) is 5.17 Å². The molecular formula is C12H22N2OS. The van der Waals surface area contributed by atoms with Crippen molar-refractivity contribution < 1.29 is 4.74 Å². The van der Waals surface area contributed by atoms with Gasteiger partial charge in [-0.2, -0.15) is 0 Å². The third-order valence-electron chi connectivity index (χ3n) is 3.23. The molecule has 2 aliphatic rings. The van der Waals surface area contributed by atoms with Crippen molar-refractivity contribution in [1.29, 1.82) is 0 Å². The van der Waals surface area contributed by atoms with E-state index in [-0.39, 0.29) is 0 Å². The monoisotopic (exact) mass is 242 g/mol. The highest BCUT2D eigenvalue weighted by Gasteiger charge is 2.23. The number of nitrogens with one attached hydrogen (secondary N) is 1. The predicted octanol–water partition coefficient (Wildman–Crippen LogP) is 2.27. The first-order valence-electron chi connectivity index (χ1n) is 6.31. The second kappa shape index (κ2) is 5.92. The molecule has 2 rings (SSSR count). The molecule has 0 aromatic carbocycles. The van der Waals surface area contributed by atoms with Crippen LogP contribution in [0.3, 0.4) is 0 Å². The second-order valence-electron chi connectivity index (χ2n) is 4.94. The van der Waals surface area contributed by atoms with Crippen molar-refractivity contribution in [2.75, 3.05) is 18.9 Å². The Labute approximate surface area is 102 Å². The summed E-state index contributed by atoms with van der Waals surface area (Å²) in [4.78, 5) is 4.62. The molecule has 2 atom stereocenters. The van der Waals surface area contributed by atoms with Gasteiger partial charge in [0.25, 0.3) is 0 Å². The number of amidine groups is 1. The lowest BCUT2D eigenvalue weighted by Crippen LogP contribution is -2.32. The van der Waals surface area contributed by atoms with Crippen molar-refractivity contribution in [2.24, 2.45) is 10.9 Å². The molecule has 1 N–H and O–H groups in total. The molecule has 16 heavy (non-hydrogen) atoms. The summed E-state index contributed by atoms with van der Waals surface area (Å²) >= 11 is 1.85. The summed E-state index contributed by atoms with van der Waals surface area (Å²) in [5.74, 6) is 1.84. The highest BCUT2D eigenvalue weighted by molar-refractivity contribution is 8.14. The van der Waals surface area contributed by atoms with Crippen LogP contribution in [0, 0.1) is 5.92 Å². The molecular weight excluding hydrogens is 220 g/mol. The van der Waals surface area contributed by atoms with Crippen LogP contribution in [0.5, 0.6) is 0 Å². The Morgan fingerprint density at radius 3 is 3.00 bits per heavy atom. The summed E-state index contributed by atoms with van der Waals surface area (Å²) in [6, 6.07) is 0.594. The maximum Gasteiger partial charge on any atom is 0.156 e. The van der Waals surface area contributed by atoms with E-state index in [4.69, 9.17) is 4.74 Å². The molecule has 4 heteroatoms. The molecule has 1 unspecified atom stereocenters. The molecule has 2 saturated heterocycles. The van der Waals surface area contributed by atoms with Crippen LogP contribution in [0.15, 0.2) is 4.99 Å². The van der Waals surface area contributed by atoms with E-state index >= 15 is 0 Å². The smallest absolute Gasteiger partial charge is 0.156 e. The summed E-state index contributed by atoms with van der Waals surface area (Å²) in [5, 5.41) is 4.61. The van der Waals surface area contributed by atoms with E-state index in [2.05, 4.69) is 24.2 Å². The lowest BCUT2D eigenvalue weighted by Gasteiger charge is -2.20. The molecule has 2 fully saturated rings. The van der Waals surface area contributed by atoms with Crippen molar-refractivity contribution in [1.82, 2.24) is 5.32 Å². The van der Waals surface area contributed by atoms with Crippen molar-refractivity contribution >= 4 is 16.9 Å². The first-order chi connectivity index (χ1) is 7.75. The Morgan fingerprint density at radius 1 is 1.50 bits per heavy atom. The number of aliphatic imine (C=N–C) groups is 1. The zero-order chi connectivity index (χ0) is 11.4. The zero-order valence-corrected chi connectivity index (χ0v) is 11.1. The van der Waals surface area contributed by atoms with E-state index in [0.29, 0.717) is 18.1 Å². The molecule has 92 valence electrons. The number of ether oxygens (including phenoxy) is 1. The topological polar surface area (TPSA) is 33.6 Å². The van der Waals surface area contributed by atoms with Crippen LogP contribution in [-0.4, -0.2) is 36.2 Å². The van der Waals surface area contributed by atoms with E-state index in [1.165, 1.54) is 19.3 Å². The van der Waals surface area contributed by atoms with Crippen molar-refractivity contribution in [3.63, 3.8) is 0 Å². The van der Waals surface area contributed by atoms with Crippen LogP contribution in [0.4, 0.5) is 0 Å². The van der Waals surface area contributed by atoms with Gasteiger partial charge in [0, 0.05) is 18.4 Å². The molecule has 0 amide bonds. The van der Waals surface area contributed by atoms with Crippen molar-refractivity contribution in [2.45, 2.75) is 45.3 Å². The van der Waals surface area contributed by atoms with Crippen LogP contribution >= 0.6 is 11.8 Å². The molecule has 0 aromatic rings. The number of nitrogens with zero attached hydrogens (tertiary/aromatic N) is 1. The van der Waals surface area contributed by atoms with Crippen LogP contribution in [-0.2, 0) is 4.74 Å². The van der Waals surface area contributed by atoms with Gasteiger partial charge in [-0.15, -0.1) is 0 Å². The van der Waals surface area contributed by atoms with Crippen LogP contribution in [0.1, 0.15) is 33.1 Å². The van der Waals surface area contributed by atoms with Crippen LogP contribution in [0.2, 0.25) is 0 Å². The highest BCUT2D eigenvalue weighted by atomic mass is 32.2. The molecule has 0 radical (unpaired) electrons. The minimum absolute atomic E-state index is 0.363. The minimum Gasteiger partial charge on any atom is -0.376 e. The van der Waals surface area contributed by atoms with E-state index in [9.17, 15) is 0 Å².